The molecule has 1 atom stereocenters. The topological polar surface area (TPSA) is 38.1 Å². The minimum absolute atomic E-state index is 0.0817. The predicted molar refractivity (Wildman–Crippen MR) is 62.7 cm³/mol. The molecule has 1 aromatic heterocycles. The molecule has 16 heavy (non-hydrogen) atoms. The first-order chi connectivity index (χ1) is 7.63. The molecule has 2 rings (SSSR count). The number of likely N-dealkylation sites (tertiary alicyclic amines) is 1. The number of amides is 1. The van der Waals surface area contributed by atoms with E-state index in [1.165, 1.54) is 0 Å². The number of carbonyl (C=O) groups is 1. The fourth-order valence-corrected chi connectivity index (χ4v) is 2.27. The summed E-state index contributed by atoms with van der Waals surface area (Å²) in [4.78, 5) is 14.0. The van der Waals surface area contributed by atoms with Crippen LogP contribution in [0.25, 0.3) is 0 Å². The molecule has 1 unspecified atom stereocenters. The molecule has 5 heteroatoms. The largest absolute Gasteiger partial charge is 0.338 e. The van der Waals surface area contributed by atoms with Gasteiger partial charge in [0.25, 0.3) is 5.91 Å². The summed E-state index contributed by atoms with van der Waals surface area (Å²) in [6, 6.07) is 0. The Bertz CT molecular complexity index is 402. The summed E-state index contributed by atoms with van der Waals surface area (Å²) in [5.41, 5.74) is 1.62. The Kier molecular flexibility index (Phi) is 3.19. The van der Waals surface area contributed by atoms with Crippen LogP contribution in [0.15, 0.2) is 6.20 Å². The average molecular weight is 242 g/mol. The van der Waals surface area contributed by atoms with Crippen molar-refractivity contribution in [2.45, 2.75) is 13.3 Å². The van der Waals surface area contributed by atoms with Crippen LogP contribution in [0.3, 0.4) is 0 Å². The second kappa shape index (κ2) is 4.45. The Morgan fingerprint density at radius 3 is 2.94 bits per heavy atom. The monoisotopic (exact) mass is 241 g/mol. The number of hydrogen-bond acceptors (Lipinski definition) is 2. The van der Waals surface area contributed by atoms with E-state index in [4.69, 9.17) is 11.6 Å². The molecule has 0 aliphatic carbocycles. The molecular formula is C11H16ClN3O. The standard InChI is InChI=1S/C11H16ClN3O/c1-8-10(6-13-14(8)2)11(16)15-4-3-9(5-12)7-15/h6,9H,3-5,7H2,1-2H3. The highest BCUT2D eigenvalue weighted by Crippen LogP contribution is 2.20. The van der Waals surface area contributed by atoms with E-state index < -0.39 is 0 Å². The normalized spacial score (nSPS) is 20.4. The Labute approximate surface area is 100 Å². The number of rotatable bonds is 2. The summed E-state index contributed by atoms with van der Waals surface area (Å²) in [6.45, 7) is 3.50. The maximum absolute atomic E-state index is 12.2. The van der Waals surface area contributed by atoms with Crippen molar-refractivity contribution >= 4 is 17.5 Å². The van der Waals surface area contributed by atoms with Crippen molar-refractivity contribution in [1.82, 2.24) is 14.7 Å². The van der Waals surface area contributed by atoms with Crippen LogP contribution in [-0.4, -0.2) is 39.6 Å². The van der Waals surface area contributed by atoms with Crippen LogP contribution in [0.1, 0.15) is 22.5 Å². The maximum Gasteiger partial charge on any atom is 0.257 e. The van der Waals surface area contributed by atoms with Crippen LogP contribution < -0.4 is 0 Å². The van der Waals surface area contributed by atoms with Crippen LogP contribution >= 0.6 is 11.6 Å². The zero-order valence-corrected chi connectivity index (χ0v) is 10.4. The molecule has 1 amide bonds. The Balaban J connectivity index is 2.12. The highest BCUT2D eigenvalue weighted by atomic mass is 35.5. The Hall–Kier alpha value is -1.03. The molecule has 88 valence electrons. The minimum Gasteiger partial charge on any atom is -0.338 e. The minimum atomic E-state index is 0.0817. The molecule has 1 fully saturated rings. The van der Waals surface area contributed by atoms with Crippen LogP contribution in [-0.2, 0) is 7.05 Å². The van der Waals surface area contributed by atoms with Gasteiger partial charge in [0.2, 0.25) is 0 Å². The van der Waals surface area contributed by atoms with Crippen LogP contribution in [0.2, 0.25) is 0 Å². The lowest BCUT2D eigenvalue weighted by molar-refractivity contribution is 0.0787. The van der Waals surface area contributed by atoms with Crippen molar-refractivity contribution < 1.29 is 4.79 Å². The Morgan fingerprint density at radius 1 is 1.69 bits per heavy atom. The molecular weight excluding hydrogens is 226 g/mol. The lowest BCUT2D eigenvalue weighted by atomic mass is 10.2. The van der Waals surface area contributed by atoms with Gasteiger partial charge in [-0.1, -0.05) is 0 Å². The molecule has 1 aliphatic rings. The van der Waals surface area contributed by atoms with E-state index in [9.17, 15) is 4.79 Å². The van der Waals surface area contributed by atoms with Crippen molar-refractivity contribution in [1.29, 1.82) is 0 Å². The molecule has 4 nitrogen and oxygen atoms in total. The van der Waals surface area contributed by atoms with E-state index >= 15 is 0 Å². The second-order valence-corrected chi connectivity index (χ2v) is 4.64. The molecule has 1 aliphatic heterocycles. The van der Waals surface area contributed by atoms with E-state index in [0.717, 1.165) is 25.2 Å². The van der Waals surface area contributed by atoms with Gasteiger partial charge in [-0.05, 0) is 19.3 Å². The molecule has 0 N–H and O–H groups in total. The molecule has 0 bridgehead atoms. The number of nitrogens with zero attached hydrogens (tertiary/aromatic N) is 3. The first kappa shape index (κ1) is 11.5. The molecule has 1 aromatic rings. The number of carbonyl (C=O) groups excluding carboxylic acids is 1. The highest BCUT2D eigenvalue weighted by molar-refractivity contribution is 6.18. The third-order valence-electron chi connectivity index (χ3n) is 3.26. The predicted octanol–water partition coefficient (Wildman–Crippen LogP) is 1.43. The van der Waals surface area contributed by atoms with E-state index in [1.54, 1.807) is 10.9 Å². The second-order valence-electron chi connectivity index (χ2n) is 4.33. The molecule has 0 saturated carbocycles. The third-order valence-corrected chi connectivity index (χ3v) is 3.69. The fraction of sp³-hybridized carbons (Fsp3) is 0.636. The summed E-state index contributed by atoms with van der Waals surface area (Å²) in [5.74, 6) is 1.16. The maximum atomic E-state index is 12.2. The SMILES string of the molecule is Cc1c(C(=O)N2CCC(CCl)C2)cnn1C. The van der Waals surface area contributed by atoms with Crippen molar-refractivity contribution in [2.24, 2.45) is 13.0 Å². The summed E-state index contributed by atoms with van der Waals surface area (Å²) < 4.78 is 1.72. The van der Waals surface area contributed by atoms with E-state index in [1.807, 2.05) is 18.9 Å². The lowest BCUT2D eigenvalue weighted by Crippen LogP contribution is -2.29. The van der Waals surface area contributed by atoms with Crippen molar-refractivity contribution in [3.63, 3.8) is 0 Å². The lowest BCUT2D eigenvalue weighted by Gasteiger charge is -2.15. The van der Waals surface area contributed by atoms with Gasteiger partial charge in [0.05, 0.1) is 11.8 Å². The number of aromatic nitrogens is 2. The zero-order chi connectivity index (χ0) is 11.7. The van der Waals surface area contributed by atoms with Gasteiger partial charge in [-0.2, -0.15) is 5.10 Å². The smallest absolute Gasteiger partial charge is 0.257 e. The van der Waals surface area contributed by atoms with E-state index in [-0.39, 0.29) is 5.91 Å². The average Bonchev–Trinajstić information content (AvgIpc) is 2.87. The van der Waals surface area contributed by atoms with Crippen LogP contribution in [0, 0.1) is 12.8 Å². The third kappa shape index (κ3) is 1.94. The summed E-state index contributed by atoms with van der Waals surface area (Å²) in [6.07, 6.45) is 2.65. The van der Waals surface area contributed by atoms with Crippen LogP contribution in [0.5, 0.6) is 0 Å². The van der Waals surface area contributed by atoms with Crippen molar-refractivity contribution in [2.75, 3.05) is 19.0 Å². The van der Waals surface area contributed by atoms with E-state index in [0.29, 0.717) is 17.4 Å². The van der Waals surface area contributed by atoms with E-state index in [2.05, 4.69) is 5.10 Å². The quantitative estimate of drug-likeness (QED) is 0.735. The van der Waals surface area contributed by atoms with Gasteiger partial charge >= 0.3 is 0 Å². The summed E-state index contributed by atoms with van der Waals surface area (Å²) >= 11 is 5.80. The summed E-state index contributed by atoms with van der Waals surface area (Å²) in [5, 5.41) is 4.09. The van der Waals surface area contributed by atoms with Gasteiger partial charge in [0.1, 0.15) is 0 Å². The van der Waals surface area contributed by atoms with Gasteiger partial charge in [-0.15, -0.1) is 11.6 Å². The summed E-state index contributed by atoms with van der Waals surface area (Å²) in [7, 11) is 1.84. The molecule has 0 spiro atoms. The Morgan fingerprint density at radius 2 is 2.44 bits per heavy atom. The fourth-order valence-electron chi connectivity index (χ4n) is 2.02. The first-order valence-corrected chi connectivity index (χ1v) is 6.00. The zero-order valence-electron chi connectivity index (χ0n) is 9.61. The van der Waals surface area contributed by atoms with Crippen molar-refractivity contribution in [3.05, 3.63) is 17.5 Å². The highest BCUT2D eigenvalue weighted by Gasteiger charge is 2.27. The van der Waals surface area contributed by atoms with Gasteiger partial charge in [0, 0.05) is 31.7 Å². The number of hydrogen-bond donors (Lipinski definition) is 0. The van der Waals surface area contributed by atoms with Gasteiger partial charge < -0.3 is 4.90 Å². The number of halogens is 1. The molecule has 1 saturated heterocycles. The first-order valence-electron chi connectivity index (χ1n) is 5.47. The number of aryl methyl sites for hydroxylation is 1. The molecule has 0 aromatic carbocycles. The van der Waals surface area contributed by atoms with Gasteiger partial charge in [-0.3, -0.25) is 9.48 Å². The van der Waals surface area contributed by atoms with Crippen molar-refractivity contribution in [3.8, 4) is 0 Å². The molecule has 2 heterocycles. The van der Waals surface area contributed by atoms with Gasteiger partial charge in [0.15, 0.2) is 0 Å². The molecule has 0 radical (unpaired) electrons. The number of alkyl halides is 1. The van der Waals surface area contributed by atoms with Gasteiger partial charge in [-0.25, -0.2) is 0 Å². The van der Waals surface area contributed by atoms with Crippen LogP contribution in [0.4, 0.5) is 0 Å².